The molecule has 3 rings (SSSR count). The van der Waals surface area contributed by atoms with E-state index in [0.29, 0.717) is 17.2 Å². The Morgan fingerprint density at radius 3 is 2.68 bits per heavy atom. The molecule has 2 aromatic rings. The highest BCUT2D eigenvalue weighted by molar-refractivity contribution is 5.94. The molecule has 0 unspecified atom stereocenters. The first-order valence-corrected chi connectivity index (χ1v) is 9.27. The van der Waals surface area contributed by atoms with Gasteiger partial charge in [0.1, 0.15) is 0 Å². The molecule has 6 heteroatoms. The molecule has 0 spiro atoms. The minimum Gasteiger partial charge on any atom is -0.454 e. The molecule has 0 atom stereocenters. The Morgan fingerprint density at radius 1 is 1.11 bits per heavy atom. The number of carbonyl (C=O) groups is 2. The number of fused-ring (bicyclic) bond motifs is 1. The second kappa shape index (κ2) is 9.60. The lowest BCUT2D eigenvalue weighted by Crippen LogP contribution is -2.20. The molecule has 0 saturated carbocycles. The van der Waals surface area contributed by atoms with Crippen LogP contribution >= 0.6 is 0 Å². The van der Waals surface area contributed by atoms with Crippen molar-refractivity contribution in [1.82, 2.24) is 0 Å². The van der Waals surface area contributed by atoms with Crippen molar-refractivity contribution in [3.05, 3.63) is 59.7 Å². The van der Waals surface area contributed by atoms with Crippen LogP contribution in [0.3, 0.4) is 0 Å². The molecule has 0 aliphatic carbocycles. The number of anilines is 1. The number of unbranched alkanes of at least 4 members (excludes halogenated alkanes) is 1. The Labute approximate surface area is 164 Å². The second-order valence-corrected chi connectivity index (χ2v) is 6.40. The van der Waals surface area contributed by atoms with Crippen molar-refractivity contribution in [1.29, 1.82) is 0 Å². The summed E-state index contributed by atoms with van der Waals surface area (Å²) in [5.41, 5.74) is 2.69. The summed E-state index contributed by atoms with van der Waals surface area (Å²) in [5, 5.41) is 2.71. The van der Waals surface area contributed by atoms with Crippen LogP contribution in [-0.4, -0.2) is 25.3 Å². The molecule has 146 valence electrons. The smallest absolute Gasteiger partial charge is 0.331 e. The zero-order chi connectivity index (χ0) is 19.8. The van der Waals surface area contributed by atoms with Gasteiger partial charge in [-0.2, -0.15) is 0 Å². The summed E-state index contributed by atoms with van der Waals surface area (Å²) in [7, 11) is 0. The van der Waals surface area contributed by atoms with Crippen LogP contribution in [0.25, 0.3) is 6.08 Å². The Bertz CT molecular complexity index is 858. The summed E-state index contributed by atoms with van der Waals surface area (Å²) in [6, 6.07) is 13.0. The SMILES string of the molecule is CCCCc1ccc(NC(=O)COC(=O)C=Cc2ccc3c(c2)OCO3)cc1. The number of hydrogen-bond donors (Lipinski definition) is 1. The van der Waals surface area contributed by atoms with E-state index < -0.39 is 5.97 Å². The zero-order valence-electron chi connectivity index (χ0n) is 15.8. The fourth-order valence-corrected chi connectivity index (χ4v) is 2.70. The fourth-order valence-electron chi connectivity index (χ4n) is 2.70. The molecule has 1 heterocycles. The lowest BCUT2D eigenvalue weighted by atomic mass is 10.1. The van der Waals surface area contributed by atoms with Gasteiger partial charge in [-0.25, -0.2) is 4.79 Å². The van der Waals surface area contributed by atoms with Crippen LogP contribution in [0, 0.1) is 0 Å². The van der Waals surface area contributed by atoms with E-state index >= 15 is 0 Å². The number of ether oxygens (including phenoxy) is 3. The van der Waals surface area contributed by atoms with Crippen LogP contribution in [0.1, 0.15) is 30.9 Å². The normalized spacial score (nSPS) is 12.2. The summed E-state index contributed by atoms with van der Waals surface area (Å²) in [6.45, 7) is 2.00. The Morgan fingerprint density at radius 2 is 1.89 bits per heavy atom. The molecule has 0 radical (unpaired) electrons. The lowest BCUT2D eigenvalue weighted by molar-refractivity contribution is -0.142. The van der Waals surface area contributed by atoms with Crippen molar-refractivity contribution in [3.8, 4) is 11.5 Å². The number of hydrogen-bond acceptors (Lipinski definition) is 5. The van der Waals surface area contributed by atoms with E-state index in [0.717, 1.165) is 24.8 Å². The van der Waals surface area contributed by atoms with Crippen molar-refractivity contribution in [2.45, 2.75) is 26.2 Å². The number of nitrogens with one attached hydrogen (secondary N) is 1. The van der Waals surface area contributed by atoms with Gasteiger partial charge in [0, 0.05) is 11.8 Å². The molecular weight excluding hydrogens is 358 g/mol. The first-order chi connectivity index (χ1) is 13.6. The van der Waals surface area contributed by atoms with E-state index in [9.17, 15) is 9.59 Å². The number of esters is 1. The maximum absolute atomic E-state index is 11.9. The van der Waals surface area contributed by atoms with Gasteiger partial charge in [0.15, 0.2) is 18.1 Å². The van der Waals surface area contributed by atoms with Gasteiger partial charge in [0.2, 0.25) is 6.79 Å². The third kappa shape index (κ3) is 5.61. The van der Waals surface area contributed by atoms with Crippen molar-refractivity contribution in [3.63, 3.8) is 0 Å². The largest absolute Gasteiger partial charge is 0.454 e. The predicted octanol–water partition coefficient (Wildman–Crippen LogP) is 3.95. The summed E-state index contributed by atoms with van der Waals surface area (Å²) in [5.74, 6) is 0.333. The molecule has 0 saturated heterocycles. The van der Waals surface area contributed by atoms with Gasteiger partial charge in [-0.15, -0.1) is 0 Å². The third-order valence-electron chi connectivity index (χ3n) is 4.21. The van der Waals surface area contributed by atoms with Crippen molar-refractivity contribution >= 4 is 23.6 Å². The minimum atomic E-state index is -0.595. The Hall–Kier alpha value is -3.28. The van der Waals surface area contributed by atoms with Gasteiger partial charge in [0.05, 0.1) is 0 Å². The minimum absolute atomic E-state index is 0.196. The van der Waals surface area contributed by atoms with Gasteiger partial charge in [-0.05, 0) is 54.3 Å². The molecule has 1 amide bonds. The van der Waals surface area contributed by atoms with E-state index in [1.54, 1.807) is 24.3 Å². The first kappa shape index (κ1) is 19.5. The maximum atomic E-state index is 11.9. The number of rotatable bonds is 8. The van der Waals surface area contributed by atoms with Crippen LogP contribution in [0.15, 0.2) is 48.5 Å². The molecule has 0 bridgehead atoms. The highest BCUT2D eigenvalue weighted by Gasteiger charge is 2.12. The van der Waals surface area contributed by atoms with Crippen LogP contribution in [-0.2, 0) is 20.7 Å². The van der Waals surface area contributed by atoms with E-state index in [2.05, 4.69) is 12.2 Å². The molecule has 1 aliphatic rings. The molecule has 0 aromatic heterocycles. The maximum Gasteiger partial charge on any atom is 0.331 e. The first-order valence-electron chi connectivity index (χ1n) is 9.27. The molecule has 28 heavy (non-hydrogen) atoms. The molecule has 1 aliphatic heterocycles. The predicted molar refractivity (Wildman–Crippen MR) is 106 cm³/mol. The van der Waals surface area contributed by atoms with Crippen LogP contribution in [0.4, 0.5) is 5.69 Å². The van der Waals surface area contributed by atoms with Gasteiger partial charge in [0.25, 0.3) is 5.91 Å². The third-order valence-corrected chi connectivity index (χ3v) is 4.21. The Balaban J connectivity index is 1.43. The van der Waals surface area contributed by atoms with Crippen molar-refractivity contribution < 1.29 is 23.8 Å². The summed E-state index contributed by atoms with van der Waals surface area (Å²) < 4.78 is 15.5. The number of aryl methyl sites for hydroxylation is 1. The molecule has 2 aromatic carbocycles. The average molecular weight is 381 g/mol. The number of benzene rings is 2. The molecule has 1 N–H and O–H groups in total. The van der Waals surface area contributed by atoms with E-state index in [-0.39, 0.29) is 19.3 Å². The van der Waals surface area contributed by atoms with Crippen LogP contribution in [0.2, 0.25) is 0 Å². The topological polar surface area (TPSA) is 73.9 Å². The highest BCUT2D eigenvalue weighted by atomic mass is 16.7. The van der Waals surface area contributed by atoms with Crippen molar-refractivity contribution in [2.75, 3.05) is 18.7 Å². The second-order valence-electron chi connectivity index (χ2n) is 6.40. The fraction of sp³-hybridized carbons (Fsp3) is 0.273. The van der Waals surface area contributed by atoms with E-state index in [1.165, 1.54) is 11.6 Å². The summed E-state index contributed by atoms with van der Waals surface area (Å²) in [4.78, 5) is 23.7. The summed E-state index contributed by atoms with van der Waals surface area (Å²) in [6.07, 6.45) is 6.18. The van der Waals surface area contributed by atoms with Gasteiger partial charge >= 0.3 is 5.97 Å². The number of amides is 1. The quantitative estimate of drug-likeness (QED) is 0.554. The highest BCUT2D eigenvalue weighted by Crippen LogP contribution is 2.32. The van der Waals surface area contributed by atoms with Gasteiger partial charge in [-0.3, -0.25) is 4.79 Å². The molecular formula is C22H23NO5. The molecule has 0 fully saturated rings. The molecule has 6 nitrogen and oxygen atoms in total. The van der Waals surface area contributed by atoms with Crippen LogP contribution in [0.5, 0.6) is 11.5 Å². The lowest BCUT2D eigenvalue weighted by Gasteiger charge is -2.06. The van der Waals surface area contributed by atoms with E-state index in [1.807, 2.05) is 24.3 Å². The summed E-state index contributed by atoms with van der Waals surface area (Å²) >= 11 is 0. The standard InChI is InChI=1S/C22H23NO5/c1-2-3-4-16-5-9-18(10-6-16)23-21(24)14-26-22(25)12-8-17-7-11-19-20(13-17)28-15-27-19/h5-13H,2-4,14-15H2,1H3,(H,23,24). The average Bonchev–Trinajstić information content (AvgIpc) is 3.18. The van der Waals surface area contributed by atoms with Gasteiger partial charge in [-0.1, -0.05) is 31.5 Å². The van der Waals surface area contributed by atoms with E-state index in [4.69, 9.17) is 14.2 Å². The van der Waals surface area contributed by atoms with Gasteiger partial charge < -0.3 is 19.5 Å². The zero-order valence-corrected chi connectivity index (χ0v) is 15.8. The monoisotopic (exact) mass is 381 g/mol. The van der Waals surface area contributed by atoms with Crippen LogP contribution < -0.4 is 14.8 Å². The van der Waals surface area contributed by atoms with Crippen molar-refractivity contribution in [2.24, 2.45) is 0 Å². The number of carbonyl (C=O) groups excluding carboxylic acids is 2. The Kier molecular flexibility index (Phi) is 6.68.